The smallest absolute Gasteiger partial charge is 0.251 e. The lowest BCUT2D eigenvalue weighted by atomic mass is 10.1. The fourth-order valence-corrected chi connectivity index (χ4v) is 3.63. The number of fused-ring (bicyclic) bond motifs is 1. The minimum atomic E-state index is -0.773. The number of carbonyl (C=O) groups is 2. The molecule has 0 aliphatic carbocycles. The molecule has 0 saturated carbocycles. The molecule has 0 unspecified atom stereocenters. The maximum Gasteiger partial charge on any atom is 0.251 e. The van der Waals surface area contributed by atoms with E-state index < -0.39 is 6.04 Å². The van der Waals surface area contributed by atoms with Crippen LogP contribution < -0.4 is 10.6 Å². The van der Waals surface area contributed by atoms with Crippen LogP contribution in [0.25, 0.3) is 0 Å². The largest absolute Gasteiger partial charge is 0.309 e. The molecule has 3 heterocycles. The van der Waals surface area contributed by atoms with Gasteiger partial charge in [-0.2, -0.15) is 4.98 Å². The van der Waals surface area contributed by atoms with Gasteiger partial charge in [-0.25, -0.2) is 9.67 Å². The first-order valence-electron chi connectivity index (χ1n) is 8.75. The standard InChI is InChI=1S/C19H18N6O2S/c1-12-7-8-20-15(9-12)21-17(27)14-10-16(26)22-18-23-19(24-25(14)18)28-11-13-5-3-2-4-6-13/h2-9,14H,10-11H2,1H3,(H,20,21,27)(H,22,23,24,26)/t14-/m1/s1. The molecule has 4 rings (SSSR count). The van der Waals surface area contributed by atoms with Crippen molar-refractivity contribution in [2.75, 3.05) is 10.6 Å². The number of aryl methyl sites for hydroxylation is 1. The Morgan fingerprint density at radius 1 is 1.32 bits per heavy atom. The zero-order valence-electron chi connectivity index (χ0n) is 15.1. The monoisotopic (exact) mass is 394 g/mol. The van der Waals surface area contributed by atoms with Crippen molar-refractivity contribution in [3.8, 4) is 0 Å². The van der Waals surface area contributed by atoms with Crippen LogP contribution in [0.5, 0.6) is 0 Å². The van der Waals surface area contributed by atoms with Gasteiger partial charge < -0.3 is 5.32 Å². The molecule has 2 amide bonds. The Morgan fingerprint density at radius 3 is 2.93 bits per heavy atom. The van der Waals surface area contributed by atoms with Crippen molar-refractivity contribution in [3.63, 3.8) is 0 Å². The number of aromatic nitrogens is 4. The number of amides is 2. The minimum Gasteiger partial charge on any atom is -0.309 e. The number of carbonyl (C=O) groups excluding carboxylic acids is 2. The van der Waals surface area contributed by atoms with Crippen LogP contribution in [-0.4, -0.2) is 31.6 Å². The van der Waals surface area contributed by atoms with Crippen LogP contribution in [0.1, 0.15) is 23.6 Å². The summed E-state index contributed by atoms with van der Waals surface area (Å²) in [5, 5.41) is 10.4. The third kappa shape index (κ3) is 4.04. The van der Waals surface area contributed by atoms with Crippen LogP contribution in [0.4, 0.5) is 11.8 Å². The molecule has 0 radical (unpaired) electrons. The molecule has 1 aliphatic rings. The summed E-state index contributed by atoms with van der Waals surface area (Å²) in [4.78, 5) is 33.3. The van der Waals surface area contributed by atoms with Crippen molar-refractivity contribution in [1.82, 2.24) is 19.7 Å². The summed E-state index contributed by atoms with van der Waals surface area (Å²) in [7, 11) is 0. The van der Waals surface area contributed by atoms with E-state index in [-0.39, 0.29) is 24.2 Å². The molecule has 1 atom stereocenters. The highest BCUT2D eigenvalue weighted by atomic mass is 32.2. The van der Waals surface area contributed by atoms with Gasteiger partial charge in [0.25, 0.3) is 5.91 Å². The van der Waals surface area contributed by atoms with E-state index in [0.717, 1.165) is 11.1 Å². The highest BCUT2D eigenvalue weighted by Crippen LogP contribution is 2.28. The lowest BCUT2D eigenvalue weighted by molar-refractivity contribution is -0.125. The summed E-state index contributed by atoms with van der Waals surface area (Å²) in [6, 6.07) is 12.8. The quantitative estimate of drug-likeness (QED) is 0.645. The molecule has 1 aliphatic heterocycles. The van der Waals surface area contributed by atoms with Crippen molar-refractivity contribution in [2.45, 2.75) is 30.3 Å². The van der Waals surface area contributed by atoms with Gasteiger partial charge in [0.2, 0.25) is 17.0 Å². The number of benzene rings is 1. The lowest BCUT2D eigenvalue weighted by Crippen LogP contribution is -2.36. The topological polar surface area (TPSA) is 102 Å². The molecule has 142 valence electrons. The number of anilines is 2. The highest BCUT2D eigenvalue weighted by molar-refractivity contribution is 7.98. The number of rotatable bonds is 5. The molecule has 0 saturated heterocycles. The Hall–Kier alpha value is -3.20. The van der Waals surface area contributed by atoms with Gasteiger partial charge in [0.1, 0.15) is 11.9 Å². The van der Waals surface area contributed by atoms with Gasteiger partial charge >= 0.3 is 0 Å². The fraction of sp³-hybridized carbons (Fsp3) is 0.211. The van der Waals surface area contributed by atoms with Gasteiger partial charge in [0.05, 0.1) is 6.42 Å². The van der Waals surface area contributed by atoms with Crippen molar-refractivity contribution >= 4 is 35.3 Å². The number of nitrogens with one attached hydrogen (secondary N) is 2. The second kappa shape index (κ2) is 7.81. The first-order valence-corrected chi connectivity index (χ1v) is 9.74. The average Bonchev–Trinajstić information content (AvgIpc) is 3.09. The zero-order chi connectivity index (χ0) is 19.5. The minimum absolute atomic E-state index is 0.00317. The van der Waals surface area contributed by atoms with Crippen molar-refractivity contribution in [2.24, 2.45) is 0 Å². The van der Waals surface area contributed by atoms with E-state index >= 15 is 0 Å². The van der Waals surface area contributed by atoms with E-state index in [0.29, 0.717) is 16.7 Å². The van der Waals surface area contributed by atoms with Crippen LogP contribution >= 0.6 is 11.8 Å². The second-order valence-electron chi connectivity index (χ2n) is 6.41. The van der Waals surface area contributed by atoms with Crippen LogP contribution in [0, 0.1) is 6.92 Å². The Labute approximate surface area is 165 Å². The third-order valence-electron chi connectivity index (χ3n) is 4.22. The molecule has 2 N–H and O–H groups in total. The SMILES string of the molecule is Cc1ccnc(NC(=O)[C@H]2CC(=O)Nc3nc(SCc4ccccc4)nn32)c1. The van der Waals surface area contributed by atoms with Gasteiger partial charge in [-0.3, -0.25) is 14.9 Å². The maximum atomic E-state index is 12.7. The molecule has 2 aromatic heterocycles. The molecular weight excluding hydrogens is 376 g/mol. The van der Waals surface area contributed by atoms with E-state index in [1.807, 2.05) is 43.3 Å². The summed E-state index contributed by atoms with van der Waals surface area (Å²) >= 11 is 1.45. The summed E-state index contributed by atoms with van der Waals surface area (Å²) in [5.74, 6) is 0.804. The number of hydrogen-bond acceptors (Lipinski definition) is 6. The van der Waals surface area contributed by atoms with E-state index in [9.17, 15) is 9.59 Å². The summed E-state index contributed by atoms with van der Waals surface area (Å²) in [6.07, 6.45) is 1.62. The van der Waals surface area contributed by atoms with E-state index in [2.05, 4.69) is 25.7 Å². The Kier molecular flexibility index (Phi) is 5.07. The Balaban J connectivity index is 1.52. The van der Waals surface area contributed by atoms with Crippen LogP contribution in [0.3, 0.4) is 0 Å². The summed E-state index contributed by atoms with van der Waals surface area (Å²) < 4.78 is 1.47. The van der Waals surface area contributed by atoms with Gasteiger partial charge in [-0.1, -0.05) is 42.1 Å². The zero-order valence-corrected chi connectivity index (χ0v) is 15.9. The highest BCUT2D eigenvalue weighted by Gasteiger charge is 2.33. The fourth-order valence-electron chi connectivity index (χ4n) is 2.85. The molecule has 8 nitrogen and oxygen atoms in total. The number of pyridine rings is 1. The van der Waals surface area contributed by atoms with Gasteiger partial charge in [0, 0.05) is 11.9 Å². The van der Waals surface area contributed by atoms with Gasteiger partial charge in [-0.05, 0) is 30.2 Å². The first-order chi connectivity index (χ1) is 13.6. The van der Waals surface area contributed by atoms with Crippen LogP contribution in [-0.2, 0) is 15.3 Å². The summed E-state index contributed by atoms with van der Waals surface area (Å²) in [5.41, 5.74) is 2.12. The molecular formula is C19H18N6O2S. The Morgan fingerprint density at radius 2 is 2.14 bits per heavy atom. The van der Waals surface area contributed by atoms with Crippen molar-refractivity contribution in [1.29, 1.82) is 0 Å². The first kappa shape index (κ1) is 18.2. The molecule has 0 bridgehead atoms. The van der Waals surface area contributed by atoms with Crippen molar-refractivity contribution < 1.29 is 9.59 Å². The molecule has 1 aromatic carbocycles. The molecule has 0 spiro atoms. The molecule has 3 aromatic rings. The normalized spacial score (nSPS) is 15.6. The Bertz CT molecular complexity index is 1020. The van der Waals surface area contributed by atoms with Gasteiger partial charge in [-0.15, -0.1) is 5.10 Å². The van der Waals surface area contributed by atoms with Gasteiger partial charge in [0.15, 0.2) is 0 Å². The van der Waals surface area contributed by atoms with Crippen LogP contribution in [0.2, 0.25) is 0 Å². The molecule has 9 heteroatoms. The van der Waals surface area contributed by atoms with Crippen LogP contribution in [0.15, 0.2) is 53.8 Å². The molecule has 0 fully saturated rings. The number of nitrogens with zero attached hydrogens (tertiary/aromatic N) is 4. The lowest BCUT2D eigenvalue weighted by Gasteiger charge is -2.22. The third-order valence-corrected chi connectivity index (χ3v) is 5.13. The predicted octanol–water partition coefficient (Wildman–Crippen LogP) is 2.80. The van der Waals surface area contributed by atoms with E-state index in [1.165, 1.54) is 16.4 Å². The maximum absolute atomic E-state index is 12.7. The summed E-state index contributed by atoms with van der Waals surface area (Å²) in [6.45, 7) is 1.91. The average molecular weight is 394 g/mol. The number of thioether (sulfide) groups is 1. The van der Waals surface area contributed by atoms with Crippen molar-refractivity contribution in [3.05, 3.63) is 59.8 Å². The number of hydrogen-bond donors (Lipinski definition) is 2. The van der Waals surface area contributed by atoms with E-state index in [4.69, 9.17) is 0 Å². The van der Waals surface area contributed by atoms with E-state index in [1.54, 1.807) is 12.3 Å². The predicted molar refractivity (Wildman–Crippen MR) is 106 cm³/mol. The second-order valence-corrected chi connectivity index (χ2v) is 7.36. The molecule has 28 heavy (non-hydrogen) atoms.